The number of amides is 1. The van der Waals surface area contributed by atoms with Crippen molar-refractivity contribution in [1.29, 1.82) is 0 Å². The molecule has 0 unspecified atom stereocenters. The SMILES string of the molecule is COc1cccc(/C=C/C(=O)N2CCN(C)C[C@H]2c2ccccc2)c1OC(F)F. The number of hydrogen-bond donors (Lipinski definition) is 0. The van der Waals surface area contributed by atoms with Crippen molar-refractivity contribution in [3.63, 3.8) is 0 Å². The van der Waals surface area contributed by atoms with Gasteiger partial charge in [-0.05, 0) is 24.8 Å². The summed E-state index contributed by atoms with van der Waals surface area (Å²) in [7, 11) is 3.40. The van der Waals surface area contributed by atoms with Gasteiger partial charge in [-0.25, -0.2) is 0 Å². The summed E-state index contributed by atoms with van der Waals surface area (Å²) < 4.78 is 35.3. The number of benzene rings is 2. The third-order valence-electron chi connectivity index (χ3n) is 4.89. The largest absolute Gasteiger partial charge is 0.493 e. The van der Waals surface area contributed by atoms with Crippen LogP contribution in [0.1, 0.15) is 17.2 Å². The highest BCUT2D eigenvalue weighted by Gasteiger charge is 2.29. The highest BCUT2D eigenvalue weighted by molar-refractivity contribution is 5.92. The van der Waals surface area contributed by atoms with Gasteiger partial charge in [-0.1, -0.05) is 42.5 Å². The van der Waals surface area contributed by atoms with Gasteiger partial charge in [0.25, 0.3) is 0 Å². The van der Waals surface area contributed by atoms with E-state index in [1.54, 1.807) is 17.0 Å². The minimum Gasteiger partial charge on any atom is -0.493 e. The van der Waals surface area contributed by atoms with Crippen molar-refractivity contribution < 1.29 is 23.0 Å². The summed E-state index contributed by atoms with van der Waals surface area (Å²) in [5.41, 5.74) is 1.41. The number of hydrogen-bond acceptors (Lipinski definition) is 4. The van der Waals surface area contributed by atoms with Gasteiger partial charge >= 0.3 is 6.61 Å². The van der Waals surface area contributed by atoms with Crippen molar-refractivity contribution in [3.8, 4) is 11.5 Å². The molecule has 1 fully saturated rings. The summed E-state index contributed by atoms with van der Waals surface area (Å²) in [6.45, 7) is -0.920. The van der Waals surface area contributed by atoms with Crippen molar-refractivity contribution in [2.75, 3.05) is 33.8 Å². The van der Waals surface area contributed by atoms with Crippen molar-refractivity contribution in [1.82, 2.24) is 9.80 Å². The smallest absolute Gasteiger partial charge is 0.387 e. The van der Waals surface area contributed by atoms with Crippen molar-refractivity contribution >= 4 is 12.0 Å². The second-order valence-electron chi connectivity index (χ2n) is 6.81. The summed E-state index contributed by atoms with van der Waals surface area (Å²) in [5.74, 6) is -0.0912. The Morgan fingerprint density at radius 3 is 2.59 bits per heavy atom. The van der Waals surface area contributed by atoms with Gasteiger partial charge in [0.2, 0.25) is 5.91 Å². The molecule has 0 aliphatic carbocycles. The highest BCUT2D eigenvalue weighted by atomic mass is 19.3. The molecular weight excluding hydrogens is 378 g/mol. The molecule has 1 aliphatic heterocycles. The minimum absolute atomic E-state index is 0.0748. The lowest BCUT2D eigenvalue weighted by molar-refractivity contribution is -0.130. The van der Waals surface area contributed by atoms with Gasteiger partial charge in [-0.15, -0.1) is 0 Å². The van der Waals surface area contributed by atoms with Crippen molar-refractivity contribution in [2.24, 2.45) is 0 Å². The lowest BCUT2D eigenvalue weighted by atomic mass is 10.0. The van der Waals surface area contributed by atoms with Gasteiger partial charge in [0, 0.05) is 31.3 Å². The molecule has 0 bridgehead atoms. The van der Waals surface area contributed by atoms with Crippen LogP contribution in [0.4, 0.5) is 8.78 Å². The zero-order valence-corrected chi connectivity index (χ0v) is 16.4. The van der Waals surface area contributed by atoms with Crippen LogP contribution >= 0.6 is 0 Å². The summed E-state index contributed by atoms with van der Waals surface area (Å²) >= 11 is 0. The molecular formula is C22H24F2N2O3. The normalized spacial score (nSPS) is 17.7. The van der Waals surface area contributed by atoms with E-state index in [0.717, 1.165) is 18.7 Å². The van der Waals surface area contributed by atoms with Crippen LogP contribution in [0.2, 0.25) is 0 Å². The maximum Gasteiger partial charge on any atom is 0.387 e. The molecule has 0 spiro atoms. The number of rotatable bonds is 6. The molecule has 0 saturated carbocycles. The van der Waals surface area contributed by atoms with Gasteiger partial charge < -0.3 is 19.3 Å². The maximum atomic E-state index is 13.0. The molecule has 29 heavy (non-hydrogen) atoms. The number of nitrogens with zero attached hydrogens (tertiary/aromatic N) is 2. The molecule has 1 aliphatic rings. The van der Waals surface area contributed by atoms with Gasteiger partial charge in [-0.3, -0.25) is 4.79 Å². The first kappa shape index (κ1) is 20.8. The standard InChI is InChI=1S/C22H24F2N2O3/c1-25-13-14-26(18(15-25)16-7-4-3-5-8-16)20(27)12-11-17-9-6-10-19(28-2)21(17)29-22(23)24/h3-12,18,22H,13-15H2,1-2H3/b12-11+/t18-/m0/s1. The molecule has 154 valence electrons. The average Bonchev–Trinajstić information content (AvgIpc) is 2.73. The third-order valence-corrected chi connectivity index (χ3v) is 4.89. The number of para-hydroxylation sites is 1. The lowest BCUT2D eigenvalue weighted by Crippen LogP contribution is -2.48. The van der Waals surface area contributed by atoms with Gasteiger partial charge in [0.15, 0.2) is 11.5 Å². The molecule has 7 heteroatoms. The van der Waals surface area contributed by atoms with Gasteiger partial charge in [-0.2, -0.15) is 8.78 Å². The number of alkyl halides is 2. The van der Waals surface area contributed by atoms with E-state index in [2.05, 4.69) is 9.64 Å². The van der Waals surface area contributed by atoms with E-state index in [4.69, 9.17) is 4.74 Å². The van der Waals surface area contributed by atoms with Crippen LogP contribution in [0.15, 0.2) is 54.6 Å². The number of methoxy groups -OCH3 is 1. The fourth-order valence-electron chi connectivity index (χ4n) is 3.44. The monoisotopic (exact) mass is 402 g/mol. The Morgan fingerprint density at radius 1 is 1.14 bits per heavy atom. The average molecular weight is 402 g/mol. The summed E-state index contributed by atoms with van der Waals surface area (Å²) in [6, 6.07) is 14.6. The first-order valence-corrected chi connectivity index (χ1v) is 9.33. The lowest BCUT2D eigenvalue weighted by Gasteiger charge is -2.40. The second-order valence-corrected chi connectivity index (χ2v) is 6.81. The molecule has 1 amide bonds. The highest BCUT2D eigenvalue weighted by Crippen LogP contribution is 2.33. The van der Waals surface area contributed by atoms with E-state index >= 15 is 0 Å². The third kappa shape index (κ3) is 5.12. The molecule has 0 N–H and O–H groups in total. The molecule has 0 aromatic heterocycles. The molecule has 2 aromatic carbocycles. The van der Waals surface area contributed by atoms with Crippen LogP contribution in [0.5, 0.6) is 11.5 Å². The predicted octanol–water partition coefficient (Wildman–Crippen LogP) is 3.83. The molecule has 1 saturated heterocycles. The molecule has 3 rings (SSSR count). The number of likely N-dealkylation sites (N-methyl/N-ethyl adjacent to an activating group) is 1. The van der Waals surface area contributed by atoms with Crippen LogP contribution in [0.3, 0.4) is 0 Å². The van der Waals surface area contributed by atoms with Gasteiger partial charge in [0.05, 0.1) is 13.2 Å². The van der Waals surface area contributed by atoms with E-state index in [-0.39, 0.29) is 23.4 Å². The number of carbonyl (C=O) groups is 1. The minimum atomic E-state index is -2.99. The fraction of sp³-hybridized carbons (Fsp3) is 0.318. The molecule has 0 radical (unpaired) electrons. The van der Waals surface area contributed by atoms with Crippen LogP contribution in [0.25, 0.3) is 6.08 Å². The number of piperazine rings is 1. The van der Waals surface area contributed by atoms with E-state index in [0.29, 0.717) is 12.1 Å². The van der Waals surface area contributed by atoms with Crippen LogP contribution in [-0.4, -0.2) is 56.1 Å². The first-order valence-electron chi connectivity index (χ1n) is 9.33. The molecule has 2 aromatic rings. The van der Waals surface area contributed by atoms with E-state index < -0.39 is 6.61 Å². The predicted molar refractivity (Wildman–Crippen MR) is 107 cm³/mol. The van der Waals surface area contributed by atoms with Crippen LogP contribution in [-0.2, 0) is 4.79 Å². The van der Waals surface area contributed by atoms with E-state index in [1.165, 1.54) is 25.3 Å². The second kappa shape index (κ2) is 9.52. The Labute approximate surface area is 169 Å². The molecule has 1 heterocycles. The Balaban J connectivity index is 1.84. The fourth-order valence-corrected chi connectivity index (χ4v) is 3.44. The number of ether oxygens (including phenoxy) is 2. The van der Waals surface area contributed by atoms with E-state index in [1.807, 2.05) is 37.4 Å². The summed E-state index contributed by atoms with van der Waals surface area (Å²) in [6.07, 6.45) is 2.89. The zero-order chi connectivity index (χ0) is 20.8. The van der Waals surface area contributed by atoms with Crippen LogP contribution in [0, 0.1) is 0 Å². The topological polar surface area (TPSA) is 42.0 Å². The van der Waals surface area contributed by atoms with Gasteiger partial charge in [0.1, 0.15) is 0 Å². The van der Waals surface area contributed by atoms with Crippen molar-refractivity contribution in [2.45, 2.75) is 12.7 Å². The number of carbonyl (C=O) groups excluding carboxylic acids is 1. The van der Waals surface area contributed by atoms with Crippen molar-refractivity contribution in [3.05, 3.63) is 65.7 Å². The van der Waals surface area contributed by atoms with E-state index in [9.17, 15) is 13.6 Å². The maximum absolute atomic E-state index is 13.0. The Kier molecular flexibility index (Phi) is 6.82. The van der Waals surface area contributed by atoms with Crippen LogP contribution < -0.4 is 9.47 Å². The quantitative estimate of drug-likeness (QED) is 0.689. The number of halogens is 2. The molecule has 5 nitrogen and oxygen atoms in total. The molecule has 1 atom stereocenters. The zero-order valence-electron chi connectivity index (χ0n) is 16.4. The Hall–Kier alpha value is -2.93. The summed E-state index contributed by atoms with van der Waals surface area (Å²) in [5, 5.41) is 0. The summed E-state index contributed by atoms with van der Waals surface area (Å²) in [4.78, 5) is 16.9. The Morgan fingerprint density at radius 2 is 1.90 bits per heavy atom. The first-order chi connectivity index (χ1) is 14.0. The Bertz CT molecular complexity index is 858.